The molecule has 160 valence electrons. The molecule has 0 spiro atoms. The SMILES string of the molecule is CCC(CC)(CNC(=NC)N(C)CC1CCOC1)NC(C)c1ccccc1.I. The molecule has 1 aliphatic heterocycles. The molecule has 5 nitrogen and oxygen atoms in total. The summed E-state index contributed by atoms with van der Waals surface area (Å²) in [7, 11) is 3.98. The molecule has 1 aromatic rings. The van der Waals surface area contributed by atoms with Gasteiger partial charge in [-0.2, -0.15) is 0 Å². The van der Waals surface area contributed by atoms with E-state index in [1.54, 1.807) is 0 Å². The summed E-state index contributed by atoms with van der Waals surface area (Å²) in [5, 5.41) is 7.50. The molecule has 2 rings (SSSR count). The number of halogens is 1. The lowest BCUT2D eigenvalue weighted by Gasteiger charge is -2.37. The van der Waals surface area contributed by atoms with Gasteiger partial charge in [0.15, 0.2) is 5.96 Å². The number of benzene rings is 1. The molecule has 28 heavy (non-hydrogen) atoms. The summed E-state index contributed by atoms with van der Waals surface area (Å²) in [6.45, 7) is 10.4. The summed E-state index contributed by atoms with van der Waals surface area (Å²) < 4.78 is 5.51. The van der Waals surface area contributed by atoms with Crippen molar-refractivity contribution in [1.29, 1.82) is 0 Å². The van der Waals surface area contributed by atoms with E-state index in [-0.39, 0.29) is 29.5 Å². The minimum atomic E-state index is 0. The van der Waals surface area contributed by atoms with Crippen molar-refractivity contribution in [2.24, 2.45) is 10.9 Å². The first-order chi connectivity index (χ1) is 13.0. The Morgan fingerprint density at radius 1 is 1.29 bits per heavy atom. The average molecular weight is 502 g/mol. The van der Waals surface area contributed by atoms with E-state index < -0.39 is 0 Å². The second kappa shape index (κ2) is 12.6. The molecule has 1 saturated heterocycles. The van der Waals surface area contributed by atoms with Gasteiger partial charge in [0.1, 0.15) is 0 Å². The van der Waals surface area contributed by atoms with Crippen molar-refractivity contribution in [3.8, 4) is 0 Å². The third kappa shape index (κ3) is 7.19. The quantitative estimate of drug-likeness (QED) is 0.304. The Hall–Kier alpha value is -0.860. The maximum atomic E-state index is 5.51. The molecule has 0 amide bonds. The van der Waals surface area contributed by atoms with Crippen LogP contribution in [0.3, 0.4) is 0 Å². The number of guanidine groups is 1. The van der Waals surface area contributed by atoms with Gasteiger partial charge < -0.3 is 20.3 Å². The van der Waals surface area contributed by atoms with Gasteiger partial charge in [-0.3, -0.25) is 4.99 Å². The first-order valence-corrected chi connectivity index (χ1v) is 10.4. The van der Waals surface area contributed by atoms with E-state index in [1.807, 2.05) is 7.05 Å². The summed E-state index contributed by atoms with van der Waals surface area (Å²) in [4.78, 5) is 6.73. The molecule has 1 aromatic carbocycles. The lowest BCUT2D eigenvalue weighted by Crippen LogP contribution is -2.55. The van der Waals surface area contributed by atoms with Crippen molar-refractivity contribution >= 4 is 29.9 Å². The number of rotatable bonds is 9. The number of hydrogen-bond donors (Lipinski definition) is 2. The summed E-state index contributed by atoms with van der Waals surface area (Å²) in [6.07, 6.45) is 3.26. The molecule has 6 heteroatoms. The molecule has 0 aliphatic carbocycles. The Bertz CT molecular complexity index is 571. The van der Waals surface area contributed by atoms with E-state index in [0.29, 0.717) is 12.0 Å². The molecule has 1 heterocycles. The van der Waals surface area contributed by atoms with Gasteiger partial charge in [-0.15, -0.1) is 24.0 Å². The molecule has 0 saturated carbocycles. The number of nitrogens with zero attached hydrogens (tertiary/aromatic N) is 2. The van der Waals surface area contributed by atoms with Crippen LogP contribution in [0.15, 0.2) is 35.3 Å². The number of ether oxygens (including phenoxy) is 1. The van der Waals surface area contributed by atoms with Gasteiger partial charge in [0.2, 0.25) is 0 Å². The van der Waals surface area contributed by atoms with E-state index in [2.05, 4.69) is 78.7 Å². The normalized spacial score (nSPS) is 18.5. The topological polar surface area (TPSA) is 48.9 Å². The molecule has 0 radical (unpaired) electrons. The van der Waals surface area contributed by atoms with Crippen LogP contribution in [0.4, 0.5) is 0 Å². The monoisotopic (exact) mass is 502 g/mol. The van der Waals surface area contributed by atoms with Gasteiger partial charge in [0, 0.05) is 51.3 Å². The molecule has 2 atom stereocenters. The minimum Gasteiger partial charge on any atom is -0.381 e. The number of hydrogen-bond acceptors (Lipinski definition) is 3. The first-order valence-electron chi connectivity index (χ1n) is 10.4. The van der Waals surface area contributed by atoms with Crippen LogP contribution < -0.4 is 10.6 Å². The largest absolute Gasteiger partial charge is 0.381 e. The fourth-order valence-electron chi connectivity index (χ4n) is 3.87. The van der Waals surface area contributed by atoms with E-state index >= 15 is 0 Å². The highest BCUT2D eigenvalue weighted by molar-refractivity contribution is 14.0. The van der Waals surface area contributed by atoms with Crippen LogP contribution in [0.25, 0.3) is 0 Å². The molecule has 0 aromatic heterocycles. The standard InChI is InChI=1S/C22H38N4O.HI/c1-6-22(7-2,25-18(3)20-11-9-8-10-12-20)17-24-21(23-4)26(5)15-19-13-14-27-16-19;/h8-12,18-19,25H,6-7,13-17H2,1-5H3,(H,23,24);1H. The maximum Gasteiger partial charge on any atom is 0.193 e. The Kier molecular flexibility index (Phi) is 11.4. The molecule has 2 N–H and O–H groups in total. The van der Waals surface area contributed by atoms with E-state index in [1.165, 1.54) is 5.56 Å². The van der Waals surface area contributed by atoms with Gasteiger partial charge in [0.25, 0.3) is 0 Å². The van der Waals surface area contributed by atoms with Gasteiger partial charge >= 0.3 is 0 Å². The van der Waals surface area contributed by atoms with E-state index in [4.69, 9.17) is 4.74 Å². The Labute approximate surface area is 188 Å². The van der Waals surface area contributed by atoms with Crippen LogP contribution >= 0.6 is 24.0 Å². The summed E-state index contributed by atoms with van der Waals surface area (Å²) >= 11 is 0. The Balaban J connectivity index is 0.00000392. The van der Waals surface area contributed by atoms with Gasteiger partial charge in [-0.1, -0.05) is 44.2 Å². The number of nitrogens with one attached hydrogen (secondary N) is 2. The molecular weight excluding hydrogens is 463 g/mol. The smallest absolute Gasteiger partial charge is 0.193 e. The third-order valence-corrected chi connectivity index (χ3v) is 5.89. The maximum absolute atomic E-state index is 5.51. The van der Waals surface area contributed by atoms with Crippen molar-refractivity contribution in [3.63, 3.8) is 0 Å². The van der Waals surface area contributed by atoms with Crippen LogP contribution in [0.5, 0.6) is 0 Å². The average Bonchev–Trinajstić information content (AvgIpc) is 3.21. The van der Waals surface area contributed by atoms with Crippen LogP contribution in [0.2, 0.25) is 0 Å². The molecular formula is C22H39IN4O. The lowest BCUT2D eigenvalue weighted by atomic mass is 9.90. The minimum absolute atomic E-state index is 0. The number of aliphatic imine (C=N–C) groups is 1. The Morgan fingerprint density at radius 2 is 1.96 bits per heavy atom. The second-order valence-electron chi connectivity index (χ2n) is 7.78. The summed E-state index contributed by atoms with van der Waals surface area (Å²) in [5.74, 6) is 1.56. The van der Waals surface area contributed by atoms with Crippen LogP contribution in [-0.4, -0.2) is 56.8 Å². The van der Waals surface area contributed by atoms with Crippen LogP contribution in [-0.2, 0) is 4.74 Å². The zero-order valence-corrected chi connectivity index (χ0v) is 20.5. The highest BCUT2D eigenvalue weighted by Crippen LogP contribution is 2.21. The van der Waals surface area contributed by atoms with E-state index in [9.17, 15) is 0 Å². The second-order valence-corrected chi connectivity index (χ2v) is 7.78. The van der Waals surface area contributed by atoms with Gasteiger partial charge in [0.05, 0.1) is 6.61 Å². The summed E-state index contributed by atoms with van der Waals surface area (Å²) in [5.41, 5.74) is 1.36. The van der Waals surface area contributed by atoms with Crippen molar-refractivity contribution in [2.75, 3.05) is 40.4 Å². The summed E-state index contributed by atoms with van der Waals surface area (Å²) in [6, 6.07) is 11.0. The zero-order valence-electron chi connectivity index (χ0n) is 18.2. The molecule has 1 aliphatic rings. The van der Waals surface area contributed by atoms with Crippen molar-refractivity contribution in [3.05, 3.63) is 35.9 Å². The molecule has 0 bridgehead atoms. The van der Waals surface area contributed by atoms with Gasteiger partial charge in [-0.25, -0.2) is 0 Å². The zero-order chi connectivity index (χ0) is 19.7. The predicted octanol–water partition coefficient (Wildman–Crippen LogP) is 4.06. The van der Waals surface area contributed by atoms with Gasteiger partial charge in [-0.05, 0) is 31.7 Å². The fraction of sp³-hybridized carbons (Fsp3) is 0.682. The first kappa shape index (κ1) is 25.2. The predicted molar refractivity (Wildman–Crippen MR) is 130 cm³/mol. The highest BCUT2D eigenvalue weighted by Gasteiger charge is 2.29. The fourth-order valence-corrected chi connectivity index (χ4v) is 3.87. The van der Waals surface area contributed by atoms with E-state index in [0.717, 1.165) is 51.5 Å². The van der Waals surface area contributed by atoms with Crippen LogP contribution in [0, 0.1) is 5.92 Å². The van der Waals surface area contributed by atoms with Crippen molar-refractivity contribution < 1.29 is 4.74 Å². The molecule has 2 unspecified atom stereocenters. The third-order valence-electron chi connectivity index (χ3n) is 5.89. The van der Waals surface area contributed by atoms with Crippen LogP contribution in [0.1, 0.15) is 51.6 Å². The highest BCUT2D eigenvalue weighted by atomic mass is 127. The van der Waals surface area contributed by atoms with Crippen molar-refractivity contribution in [2.45, 2.75) is 51.6 Å². The lowest BCUT2D eigenvalue weighted by molar-refractivity contribution is 0.181. The molecule has 1 fully saturated rings. The van der Waals surface area contributed by atoms with Crippen molar-refractivity contribution in [1.82, 2.24) is 15.5 Å². The Morgan fingerprint density at radius 3 is 2.50 bits per heavy atom.